The Bertz CT molecular complexity index is 484. The van der Waals surface area contributed by atoms with Crippen molar-refractivity contribution in [2.24, 2.45) is 5.92 Å². The fourth-order valence-corrected chi connectivity index (χ4v) is 3.91. The Kier molecular flexibility index (Phi) is 2.28. The molecule has 0 aromatic carbocycles. The van der Waals surface area contributed by atoms with E-state index in [0.29, 0.717) is 5.92 Å². The van der Waals surface area contributed by atoms with Gasteiger partial charge >= 0.3 is 0 Å². The molecule has 4 heteroatoms. The van der Waals surface area contributed by atoms with Gasteiger partial charge in [0.1, 0.15) is 0 Å². The third kappa shape index (κ3) is 1.70. The topological polar surface area (TPSA) is 40.8 Å². The third-order valence-corrected chi connectivity index (χ3v) is 4.64. The molecule has 3 fully saturated rings. The summed E-state index contributed by atoms with van der Waals surface area (Å²) in [6.45, 7) is 5.16. The molecule has 4 rings (SSSR count). The van der Waals surface area contributed by atoms with Gasteiger partial charge in [-0.3, -0.25) is 0 Å². The minimum Gasteiger partial charge on any atom is -0.472 e. The van der Waals surface area contributed by atoms with Crippen LogP contribution in [0.1, 0.15) is 45.1 Å². The van der Waals surface area contributed by atoms with E-state index in [-0.39, 0.29) is 5.60 Å². The fourth-order valence-electron chi connectivity index (χ4n) is 3.91. The van der Waals surface area contributed by atoms with Crippen LogP contribution in [-0.2, 0) is 20.0 Å². The van der Waals surface area contributed by atoms with E-state index in [1.54, 1.807) is 12.5 Å². The highest BCUT2D eigenvalue weighted by Gasteiger charge is 2.62. The molecule has 4 nitrogen and oxygen atoms in total. The molecule has 0 saturated carbocycles. The van der Waals surface area contributed by atoms with Crippen molar-refractivity contribution < 1.29 is 18.6 Å². The smallest absolute Gasteiger partial charge is 0.201 e. The van der Waals surface area contributed by atoms with E-state index in [1.165, 1.54) is 0 Å². The van der Waals surface area contributed by atoms with Crippen molar-refractivity contribution in [1.29, 1.82) is 0 Å². The third-order valence-electron chi connectivity index (χ3n) is 4.64. The van der Waals surface area contributed by atoms with Crippen LogP contribution in [0.15, 0.2) is 23.0 Å². The van der Waals surface area contributed by atoms with E-state index in [9.17, 15) is 0 Å². The molecule has 0 aliphatic carbocycles. The molecule has 2 bridgehead atoms. The first-order valence-corrected chi connectivity index (χ1v) is 7.10. The zero-order chi connectivity index (χ0) is 13.1. The second-order valence-corrected chi connectivity index (χ2v) is 6.63. The van der Waals surface area contributed by atoms with E-state index >= 15 is 0 Å². The predicted molar refractivity (Wildman–Crippen MR) is 67.3 cm³/mol. The Morgan fingerprint density at radius 2 is 2.16 bits per heavy atom. The average Bonchev–Trinajstić information content (AvgIpc) is 3.01. The number of ether oxygens (including phenoxy) is 3. The first kappa shape index (κ1) is 11.9. The van der Waals surface area contributed by atoms with Gasteiger partial charge in [0.15, 0.2) is 5.79 Å². The number of furan rings is 1. The van der Waals surface area contributed by atoms with Crippen LogP contribution < -0.4 is 0 Å². The van der Waals surface area contributed by atoms with Gasteiger partial charge < -0.3 is 18.6 Å². The van der Waals surface area contributed by atoms with E-state index in [4.69, 9.17) is 18.6 Å². The summed E-state index contributed by atoms with van der Waals surface area (Å²) in [5, 5.41) is 0. The van der Waals surface area contributed by atoms with Crippen LogP contribution in [0, 0.1) is 5.92 Å². The van der Waals surface area contributed by atoms with Gasteiger partial charge in [0.05, 0.1) is 24.7 Å². The summed E-state index contributed by atoms with van der Waals surface area (Å²) in [4.78, 5) is 0. The van der Waals surface area contributed by atoms with Crippen LogP contribution in [0.2, 0.25) is 0 Å². The first-order valence-electron chi connectivity index (χ1n) is 7.10. The zero-order valence-electron chi connectivity index (χ0n) is 11.5. The molecule has 1 aromatic heterocycles. The van der Waals surface area contributed by atoms with Crippen LogP contribution in [0.4, 0.5) is 0 Å². The van der Waals surface area contributed by atoms with Gasteiger partial charge in [0.25, 0.3) is 0 Å². The van der Waals surface area contributed by atoms with Crippen molar-refractivity contribution in [2.45, 2.75) is 56.7 Å². The van der Waals surface area contributed by atoms with Crippen LogP contribution in [-0.4, -0.2) is 18.0 Å². The second-order valence-electron chi connectivity index (χ2n) is 6.63. The lowest BCUT2D eigenvalue weighted by Gasteiger charge is -2.47. The van der Waals surface area contributed by atoms with Crippen molar-refractivity contribution in [2.75, 3.05) is 6.61 Å². The van der Waals surface area contributed by atoms with E-state index in [1.807, 2.05) is 6.07 Å². The SMILES string of the molecule is C[C@@H]1CO[C@]2(C1)C[C@@]1(C)CC[C@](c3ccoc3)(O1)O2. The van der Waals surface area contributed by atoms with Crippen LogP contribution >= 0.6 is 0 Å². The maximum atomic E-state index is 6.39. The van der Waals surface area contributed by atoms with Crippen molar-refractivity contribution >= 4 is 0 Å². The summed E-state index contributed by atoms with van der Waals surface area (Å²) < 4.78 is 23.9. The van der Waals surface area contributed by atoms with Gasteiger partial charge in [-0.05, 0) is 25.3 Å². The van der Waals surface area contributed by atoms with Crippen molar-refractivity contribution in [3.63, 3.8) is 0 Å². The molecule has 104 valence electrons. The Morgan fingerprint density at radius 3 is 2.84 bits per heavy atom. The molecule has 3 aliphatic rings. The number of fused-ring (bicyclic) bond motifs is 2. The Labute approximate surface area is 113 Å². The van der Waals surface area contributed by atoms with Gasteiger partial charge in [0.2, 0.25) is 5.79 Å². The quantitative estimate of drug-likeness (QED) is 0.781. The fraction of sp³-hybridized carbons (Fsp3) is 0.733. The standard InChI is InChI=1S/C15H20O4/c1-11-7-14(17-8-11)10-13(2)4-5-15(18-13,19-14)12-3-6-16-9-12/h3,6,9,11H,4-5,7-8,10H2,1-2H3/t11-,13+,14-,15-/m0/s1. The molecule has 1 aromatic rings. The number of hydrogen-bond acceptors (Lipinski definition) is 4. The monoisotopic (exact) mass is 264 g/mol. The lowest BCUT2D eigenvalue weighted by molar-refractivity contribution is -0.406. The van der Waals surface area contributed by atoms with Gasteiger partial charge in [0, 0.05) is 24.8 Å². The highest BCUT2D eigenvalue weighted by Crippen LogP contribution is 2.58. The summed E-state index contributed by atoms with van der Waals surface area (Å²) in [7, 11) is 0. The molecule has 0 unspecified atom stereocenters. The lowest BCUT2D eigenvalue weighted by Crippen LogP contribution is -2.52. The predicted octanol–water partition coefficient (Wildman–Crippen LogP) is 3.17. The Morgan fingerprint density at radius 1 is 1.26 bits per heavy atom. The molecule has 19 heavy (non-hydrogen) atoms. The van der Waals surface area contributed by atoms with Crippen LogP contribution in [0.5, 0.6) is 0 Å². The second kappa shape index (κ2) is 3.62. The van der Waals surface area contributed by atoms with Gasteiger partial charge in [-0.25, -0.2) is 0 Å². The summed E-state index contributed by atoms with van der Waals surface area (Å²) in [5.74, 6) is -0.605. The summed E-state index contributed by atoms with van der Waals surface area (Å²) in [6, 6.07) is 1.93. The molecular formula is C15H20O4. The largest absolute Gasteiger partial charge is 0.472 e. The van der Waals surface area contributed by atoms with Crippen molar-refractivity contribution in [3.05, 3.63) is 24.2 Å². The maximum absolute atomic E-state index is 6.39. The van der Waals surface area contributed by atoms with E-state index in [2.05, 4.69) is 13.8 Å². The lowest BCUT2D eigenvalue weighted by atomic mass is 9.90. The highest BCUT2D eigenvalue weighted by atomic mass is 16.8. The minimum absolute atomic E-state index is 0.153. The van der Waals surface area contributed by atoms with Crippen LogP contribution in [0.3, 0.4) is 0 Å². The van der Waals surface area contributed by atoms with E-state index < -0.39 is 11.6 Å². The summed E-state index contributed by atoms with van der Waals surface area (Å²) in [6.07, 6.45) is 7.03. The number of rotatable bonds is 1. The molecule has 4 atom stereocenters. The Balaban J connectivity index is 1.74. The molecule has 3 aliphatic heterocycles. The first-order chi connectivity index (χ1) is 9.03. The van der Waals surface area contributed by atoms with Crippen LogP contribution in [0.25, 0.3) is 0 Å². The average molecular weight is 264 g/mol. The molecular weight excluding hydrogens is 244 g/mol. The molecule has 0 radical (unpaired) electrons. The maximum Gasteiger partial charge on any atom is 0.201 e. The Hall–Kier alpha value is -0.840. The molecule has 0 amide bonds. The van der Waals surface area contributed by atoms with Gasteiger partial charge in [-0.1, -0.05) is 6.92 Å². The van der Waals surface area contributed by atoms with Gasteiger partial charge in [-0.15, -0.1) is 0 Å². The van der Waals surface area contributed by atoms with Crippen molar-refractivity contribution in [1.82, 2.24) is 0 Å². The number of hydrogen-bond donors (Lipinski definition) is 0. The molecule has 4 heterocycles. The van der Waals surface area contributed by atoms with Gasteiger partial charge in [-0.2, -0.15) is 0 Å². The summed E-state index contributed by atoms with van der Waals surface area (Å²) in [5.41, 5.74) is 0.818. The molecule has 3 saturated heterocycles. The normalized spacial score (nSPS) is 49.1. The summed E-state index contributed by atoms with van der Waals surface area (Å²) >= 11 is 0. The van der Waals surface area contributed by atoms with Crippen molar-refractivity contribution in [3.8, 4) is 0 Å². The van der Waals surface area contributed by atoms with E-state index in [0.717, 1.165) is 37.9 Å². The molecule has 0 N–H and O–H groups in total. The highest BCUT2D eigenvalue weighted by molar-refractivity contribution is 5.19. The molecule has 1 spiro atoms. The zero-order valence-corrected chi connectivity index (χ0v) is 11.5. The minimum atomic E-state index is -0.677.